The van der Waals surface area contributed by atoms with E-state index < -0.39 is 0 Å². The van der Waals surface area contributed by atoms with Crippen molar-refractivity contribution >= 4 is 0 Å². The maximum atomic E-state index is 5.96. The Morgan fingerprint density at radius 3 is 3.00 bits per heavy atom. The first-order valence-electron chi connectivity index (χ1n) is 8.63. The van der Waals surface area contributed by atoms with Gasteiger partial charge in [-0.05, 0) is 44.4 Å². The molecule has 0 bridgehead atoms. The van der Waals surface area contributed by atoms with E-state index in [0.717, 1.165) is 31.9 Å². The third-order valence-electron chi connectivity index (χ3n) is 5.45. The summed E-state index contributed by atoms with van der Waals surface area (Å²) in [6.07, 6.45) is 11.1. The van der Waals surface area contributed by atoms with E-state index in [9.17, 15) is 0 Å². The number of imidazole rings is 1. The number of hydrogen-bond acceptors (Lipinski definition) is 3. The molecule has 1 saturated heterocycles. The number of ether oxygens (including phenoxy) is 1. The molecule has 1 aromatic heterocycles. The molecule has 1 aromatic rings. The molecule has 1 N–H and O–H groups in total. The normalized spacial score (nSPS) is 32.8. The molecule has 1 fully saturated rings. The Bertz CT molecular complexity index is 522. The topological polar surface area (TPSA) is 39.1 Å². The molecule has 22 heavy (non-hydrogen) atoms. The zero-order valence-electron chi connectivity index (χ0n) is 14.1. The van der Waals surface area contributed by atoms with E-state index in [4.69, 9.17) is 4.74 Å². The van der Waals surface area contributed by atoms with Gasteiger partial charge < -0.3 is 14.6 Å². The molecule has 2 aliphatic rings. The van der Waals surface area contributed by atoms with Crippen LogP contribution in [-0.4, -0.2) is 28.7 Å². The van der Waals surface area contributed by atoms with E-state index in [1.165, 1.54) is 18.5 Å². The van der Waals surface area contributed by atoms with Crippen molar-refractivity contribution < 1.29 is 4.74 Å². The number of allylic oxidation sites excluding steroid dienone is 1. The molecule has 2 heterocycles. The van der Waals surface area contributed by atoms with Crippen molar-refractivity contribution in [3.8, 4) is 0 Å². The minimum atomic E-state index is 0.180. The van der Waals surface area contributed by atoms with Crippen molar-refractivity contribution in [1.29, 1.82) is 0 Å². The third-order valence-corrected chi connectivity index (χ3v) is 5.45. The summed E-state index contributed by atoms with van der Waals surface area (Å²) < 4.78 is 8.03. The molecule has 0 saturated carbocycles. The molecule has 4 atom stereocenters. The number of nitrogens with zero attached hydrogens (tertiary/aromatic N) is 2. The first kappa shape index (κ1) is 15.8. The van der Waals surface area contributed by atoms with Gasteiger partial charge in [-0.25, -0.2) is 4.98 Å². The zero-order chi connectivity index (χ0) is 15.5. The summed E-state index contributed by atoms with van der Waals surface area (Å²) in [6, 6.07) is 0.551. The predicted molar refractivity (Wildman–Crippen MR) is 88.6 cm³/mol. The van der Waals surface area contributed by atoms with Gasteiger partial charge in [0.25, 0.3) is 0 Å². The standard InChI is InChI=1S/C18H29N3O/c1-13-5-4-6-14(2)16(13)10-20-15-7-8-22-18(9-15)17-11-19-12-21(17)3/h5,11-12,14-16,18,20H,4,6-10H2,1-3H3/t14-,15-,16+,18+/m0/s1. The summed E-state index contributed by atoms with van der Waals surface area (Å²) >= 11 is 0. The van der Waals surface area contributed by atoms with Crippen LogP contribution in [0.3, 0.4) is 0 Å². The average molecular weight is 303 g/mol. The van der Waals surface area contributed by atoms with Gasteiger partial charge in [-0.3, -0.25) is 0 Å². The average Bonchev–Trinajstić information content (AvgIpc) is 2.93. The summed E-state index contributed by atoms with van der Waals surface area (Å²) in [7, 11) is 2.04. The second-order valence-corrected chi connectivity index (χ2v) is 7.03. The van der Waals surface area contributed by atoms with Crippen LogP contribution in [0.25, 0.3) is 0 Å². The number of aryl methyl sites for hydroxylation is 1. The zero-order valence-corrected chi connectivity index (χ0v) is 14.1. The lowest BCUT2D eigenvalue weighted by Crippen LogP contribution is -2.40. The quantitative estimate of drug-likeness (QED) is 0.868. The Morgan fingerprint density at radius 2 is 2.27 bits per heavy atom. The third kappa shape index (κ3) is 3.44. The highest BCUT2D eigenvalue weighted by atomic mass is 16.5. The van der Waals surface area contributed by atoms with Crippen LogP contribution in [0.1, 0.15) is 51.3 Å². The van der Waals surface area contributed by atoms with Crippen LogP contribution in [0, 0.1) is 11.8 Å². The minimum Gasteiger partial charge on any atom is -0.372 e. The Hall–Kier alpha value is -1.13. The van der Waals surface area contributed by atoms with Crippen molar-refractivity contribution in [2.24, 2.45) is 18.9 Å². The Morgan fingerprint density at radius 1 is 1.41 bits per heavy atom. The van der Waals surface area contributed by atoms with Crippen molar-refractivity contribution in [3.05, 3.63) is 29.9 Å². The van der Waals surface area contributed by atoms with Gasteiger partial charge in [-0.1, -0.05) is 18.6 Å². The van der Waals surface area contributed by atoms with E-state index in [-0.39, 0.29) is 6.10 Å². The van der Waals surface area contributed by atoms with Crippen LogP contribution < -0.4 is 5.32 Å². The molecule has 1 aliphatic carbocycles. The lowest BCUT2D eigenvalue weighted by molar-refractivity contribution is -0.00444. The molecule has 4 heteroatoms. The summed E-state index contributed by atoms with van der Waals surface area (Å²) in [4.78, 5) is 4.22. The van der Waals surface area contributed by atoms with Crippen LogP contribution in [0.15, 0.2) is 24.2 Å². The molecular weight excluding hydrogens is 274 g/mol. The van der Waals surface area contributed by atoms with Gasteiger partial charge in [0, 0.05) is 26.2 Å². The highest BCUT2D eigenvalue weighted by Crippen LogP contribution is 2.31. The molecule has 0 aromatic carbocycles. The van der Waals surface area contributed by atoms with E-state index >= 15 is 0 Å². The van der Waals surface area contributed by atoms with Gasteiger partial charge in [0.05, 0.1) is 18.2 Å². The summed E-state index contributed by atoms with van der Waals surface area (Å²) in [5.74, 6) is 1.50. The maximum absolute atomic E-state index is 5.96. The van der Waals surface area contributed by atoms with Gasteiger partial charge in [-0.2, -0.15) is 0 Å². The first-order valence-corrected chi connectivity index (χ1v) is 8.63. The predicted octanol–water partition coefficient (Wildman–Crippen LogP) is 3.22. The molecule has 0 unspecified atom stereocenters. The lowest BCUT2D eigenvalue weighted by atomic mass is 9.80. The number of nitrogens with one attached hydrogen (secondary N) is 1. The molecular formula is C18H29N3O. The fraction of sp³-hybridized carbons (Fsp3) is 0.722. The maximum Gasteiger partial charge on any atom is 0.100 e. The first-order chi connectivity index (χ1) is 10.6. The Balaban J connectivity index is 1.56. The van der Waals surface area contributed by atoms with E-state index in [1.807, 2.05) is 19.6 Å². The molecule has 3 rings (SSSR count). The van der Waals surface area contributed by atoms with E-state index in [2.05, 4.69) is 34.8 Å². The Kier molecular flexibility index (Phi) is 4.99. The highest BCUT2D eigenvalue weighted by molar-refractivity contribution is 5.10. The van der Waals surface area contributed by atoms with Gasteiger partial charge in [0.15, 0.2) is 0 Å². The van der Waals surface area contributed by atoms with Crippen LogP contribution in [0.5, 0.6) is 0 Å². The van der Waals surface area contributed by atoms with Crippen LogP contribution in [-0.2, 0) is 11.8 Å². The summed E-state index contributed by atoms with van der Waals surface area (Å²) in [5, 5.41) is 3.81. The van der Waals surface area contributed by atoms with Crippen molar-refractivity contribution in [2.75, 3.05) is 13.2 Å². The number of aromatic nitrogens is 2. The Labute approximate surface area is 134 Å². The van der Waals surface area contributed by atoms with Crippen LogP contribution in [0.2, 0.25) is 0 Å². The molecule has 4 nitrogen and oxygen atoms in total. The van der Waals surface area contributed by atoms with Crippen molar-refractivity contribution in [3.63, 3.8) is 0 Å². The van der Waals surface area contributed by atoms with Crippen LogP contribution in [0.4, 0.5) is 0 Å². The second kappa shape index (κ2) is 6.97. The van der Waals surface area contributed by atoms with Crippen molar-refractivity contribution in [1.82, 2.24) is 14.9 Å². The molecule has 0 spiro atoms. The fourth-order valence-electron chi connectivity index (χ4n) is 3.90. The summed E-state index contributed by atoms with van der Waals surface area (Å²) in [6.45, 7) is 6.63. The fourth-order valence-corrected chi connectivity index (χ4v) is 3.90. The molecule has 1 aliphatic heterocycles. The van der Waals surface area contributed by atoms with E-state index in [0.29, 0.717) is 12.0 Å². The van der Waals surface area contributed by atoms with Crippen LogP contribution >= 0.6 is 0 Å². The van der Waals surface area contributed by atoms with Crippen molar-refractivity contribution in [2.45, 2.75) is 51.7 Å². The van der Waals surface area contributed by atoms with Gasteiger partial charge >= 0.3 is 0 Å². The molecule has 122 valence electrons. The smallest absolute Gasteiger partial charge is 0.100 e. The number of hydrogen-bond donors (Lipinski definition) is 1. The SMILES string of the molecule is CC1=CCC[C@H](C)[C@@H]1CN[C@H]1CCO[C@@H](c2cncn2C)C1. The van der Waals surface area contributed by atoms with Gasteiger partial charge in [-0.15, -0.1) is 0 Å². The largest absolute Gasteiger partial charge is 0.372 e. The highest BCUT2D eigenvalue weighted by Gasteiger charge is 2.27. The lowest BCUT2D eigenvalue weighted by Gasteiger charge is -2.34. The second-order valence-electron chi connectivity index (χ2n) is 7.03. The monoisotopic (exact) mass is 303 g/mol. The molecule has 0 amide bonds. The van der Waals surface area contributed by atoms with E-state index in [1.54, 1.807) is 5.57 Å². The molecule has 0 radical (unpaired) electrons. The minimum absolute atomic E-state index is 0.180. The number of rotatable bonds is 4. The van der Waals surface area contributed by atoms with Gasteiger partial charge in [0.2, 0.25) is 0 Å². The van der Waals surface area contributed by atoms with Gasteiger partial charge in [0.1, 0.15) is 6.10 Å². The summed E-state index contributed by atoms with van der Waals surface area (Å²) in [5.41, 5.74) is 2.76.